The molecule has 2 N–H and O–H groups in total. The molecular weight excluding hydrogens is 468 g/mol. The zero-order valence-electron chi connectivity index (χ0n) is 18.8. The van der Waals surface area contributed by atoms with Crippen molar-refractivity contribution in [2.75, 3.05) is 12.4 Å². The summed E-state index contributed by atoms with van der Waals surface area (Å²) in [6.45, 7) is 1.72. The number of anilines is 1. The number of Topliss-reactive ketones (excluding diaryl/α,β-unsaturated/α-hetero) is 1. The van der Waals surface area contributed by atoms with Gasteiger partial charge >= 0.3 is 12.1 Å². The van der Waals surface area contributed by atoms with Gasteiger partial charge in [-0.05, 0) is 48.4 Å². The Morgan fingerprint density at radius 3 is 2.31 bits per heavy atom. The Morgan fingerprint density at radius 1 is 1.11 bits per heavy atom. The molecule has 11 heteroatoms. The molecule has 0 radical (unpaired) electrons. The molecule has 0 saturated carbocycles. The van der Waals surface area contributed by atoms with Gasteiger partial charge in [0.05, 0.1) is 19.4 Å². The molecule has 0 amide bonds. The number of benzene rings is 2. The SMILES string of the molecule is CCC(C(=O)c1ccc(F)cc1)C(=Nc1cc(C(F)(F)F)[nH]n1)Nc1ccc(CC(=O)OC)cc1. The van der Waals surface area contributed by atoms with E-state index in [-0.39, 0.29) is 30.1 Å². The zero-order chi connectivity index (χ0) is 25.6. The highest BCUT2D eigenvalue weighted by molar-refractivity contribution is 6.16. The van der Waals surface area contributed by atoms with Crippen molar-refractivity contribution in [2.45, 2.75) is 25.9 Å². The van der Waals surface area contributed by atoms with E-state index in [2.05, 4.69) is 20.1 Å². The first-order valence-electron chi connectivity index (χ1n) is 10.5. The van der Waals surface area contributed by atoms with Crippen molar-refractivity contribution in [2.24, 2.45) is 10.9 Å². The zero-order valence-corrected chi connectivity index (χ0v) is 18.8. The number of nitrogens with zero attached hydrogens (tertiary/aromatic N) is 2. The number of esters is 1. The molecular formula is C24H22F4N4O3. The number of methoxy groups -OCH3 is 1. The van der Waals surface area contributed by atoms with E-state index in [0.29, 0.717) is 11.3 Å². The number of alkyl halides is 3. The fourth-order valence-corrected chi connectivity index (χ4v) is 3.24. The number of H-pyrrole nitrogens is 1. The Hall–Kier alpha value is -4.02. The van der Waals surface area contributed by atoms with Crippen molar-refractivity contribution in [3.8, 4) is 0 Å². The molecule has 0 bridgehead atoms. The second kappa shape index (κ2) is 10.9. The van der Waals surface area contributed by atoms with Crippen LogP contribution >= 0.6 is 0 Å². The van der Waals surface area contributed by atoms with Gasteiger partial charge in [0, 0.05) is 17.3 Å². The highest BCUT2D eigenvalue weighted by Gasteiger charge is 2.33. The Morgan fingerprint density at radius 2 is 1.77 bits per heavy atom. The van der Waals surface area contributed by atoms with Gasteiger partial charge in [0.2, 0.25) is 0 Å². The standard InChI is InChI=1S/C24H22F4N4O3/c1-3-18(22(34)15-6-8-16(25)9-7-15)23(30-20-13-19(31-32-20)24(26,27)28)29-17-10-4-14(5-11-17)12-21(33)35-2/h4-11,13,18H,3,12H2,1-2H3,(H2,29,30,31,32). The third-order valence-corrected chi connectivity index (χ3v) is 5.09. The molecule has 184 valence electrons. The molecule has 0 spiro atoms. The molecule has 35 heavy (non-hydrogen) atoms. The molecule has 1 aromatic heterocycles. The molecule has 3 aromatic rings. The van der Waals surface area contributed by atoms with Gasteiger partial charge in [0.25, 0.3) is 0 Å². The topological polar surface area (TPSA) is 96.4 Å². The van der Waals surface area contributed by atoms with Crippen LogP contribution in [0.2, 0.25) is 0 Å². The number of halogens is 4. The Balaban J connectivity index is 1.96. The molecule has 0 aliphatic carbocycles. The molecule has 0 aliphatic heterocycles. The van der Waals surface area contributed by atoms with Crippen molar-refractivity contribution < 1.29 is 31.9 Å². The molecule has 3 rings (SSSR count). The lowest BCUT2D eigenvalue weighted by atomic mass is 9.93. The molecule has 1 atom stereocenters. The van der Waals surface area contributed by atoms with Crippen LogP contribution in [0.15, 0.2) is 59.6 Å². The largest absolute Gasteiger partial charge is 0.469 e. The van der Waals surface area contributed by atoms with Gasteiger partial charge < -0.3 is 10.1 Å². The number of aromatic nitrogens is 2. The number of rotatable bonds is 8. The summed E-state index contributed by atoms with van der Waals surface area (Å²) in [5, 5.41) is 8.47. The average molecular weight is 490 g/mol. The van der Waals surface area contributed by atoms with Gasteiger partial charge in [-0.2, -0.15) is 18.3 Å². The summed E-state index contributed by atoms with van der Waals surface area (Å²) in [6.07, 6.45) is -4.33. The minimum atomic E-state index is -4.64. The number of ether oxygens (including phenoxy) is 1. The predicted octanol–water partition coefficient (Wildman–Crippen LogP) is 5.33. The fraction of sp³-hybridized carbons (Fsp3) is 0.250. The minimum absolute atomic E-state index is 0.0581. The smallest absolute Gasteiger partial charge is 0.432 e. The van der Waals surface area contributed by atoms with Crippen LogP contribution in [0.25, 0.3) is 0 Å². The first kappa shape index (κ1) is 25.6. The lowest BCUT2D eigenvalue weighted by Crippen LogP contribution is -2.29. The third kappa shape index (κ3) is 6.75. The number of hydrogen-bond acceptors (Lipinski definition) is 5. The average Bonchev–Trinajstić information content (AvgIpc) is 3.30. The summed E-state index contributed by atoms with van der Waals surface area (Å²) in [6, 6.07) is 12.3. The van der Waals surface area contributed by atoms with Crippen molar-refractivity contribution in [1.29, 1.82) is 0 Å². The number of aromatic amines is 1. The monoisotopic (exact) mass is 490 g/mol. The van der Waals surface area contributed by atoms with Crippen LogP contribution in [0.3, 0.4) is 0 Å². The first-order chi connectivity index (χ1) is 16.6. The highest BCUT2D eigenvalue weighted by atomic mass is 19.4. The van der Waals surface area contributed by atoms with E-state index in [1.165, 1.54) is 19.2 Å². The molecule has 0 fully saturated rings. The van der Waals surface area contributed by atoms with E-state index >= 15 is 0 Å². The number of hydrogen-bond donors (Lipinski definition) is 2. The van der Waals surface area contributed by atoms with Crippen LogP contribution in [0.1, 0.15) is 35.0 Å². The first-order valence-corrected chi connectivity index (χ1v) is 10.5. The lowest BCUT2D eigenvalue weighted by molar-refractivity contribution is -0.141. The number of nitrogens with one attached hydrogen (secondary N) is 2. The van der Waals surface area contributed by atoms with E-state index in [4.69, 9.17) is 0 Å². The van der Waals surface area contributed by atoms with Crippen LogP contribution < -0.4 is 5.32 Å². The number of carbonyl (C=O) groups excluding carboxylic acids is 2. The number of ketones is 1. The van der Waals surface area contributed by atoms with Gasteiger partial charge in [-0.25, -0.2) is 9.38 Å². The molecule has 1 heterocycles. The van der Waals surface area contributed by atoms with Crippen molar-refractivity contribution in [3.63, 3.8) is 0 Å². The Labute approximate surface area is 198 Å². The van der Waals surface area contributed by atoms with Crippen molar-refractivity contribution in [1.82, 2.24) is 10.2 Å². The second-order valence-corrected chi connectivity index (χ2v) is 7.54. The highest BCUT2D eigenvalue weighted by Crippen LogP contribution is 2.30. The van der Waals surface area contributed by atoms with E-state index in [0.717, 1.165) is 18.2 Å². The fourth-order valence-electron chi connectivity index (χ4n) is 3.24. The van der Waals surface area contributed by atoms with Gasteiger partial charge in [0.15, 0.2) is 11.6 Å². The van der Waals surface area contributed by atoms with E-state index in [9.17, 15) is 27.2 Å². The normalized spacial score (nSPS) is 12.8. The molecule has 0 saturated heterocycles. The quantitative estimate of drug-likeness (QED) is 0.146. The van der Waals surface area contributed by atoms with Crippen LogP contribution in [-0.2, 0) is 22.1 Å². The number of carbonyl (C=O) groups is 2. The Bertz CT molecular complexity index is 1200. The number of amidine groups is 1. The minimum Gasteiger partial charge on any atom is -0.469 e. The predicted molar refractivity (Wildman–Crippen MR) is 121 cm³/mol. The van der Waals surface area contributed by atoms with Crippen LogP contribution in [0.4, 0.5) is 29.1 Å². The maximum absolute atomic E-state index is 13.3. The summed E-state index contributed by atoms with van der Waals surface area (Å²) < 4.78 is 56.9. The van der Waals surface area contributed by atoms with Gasteiger partial charge in [-0.15, -0.1) is 0 Å². The molecule has 7 nitrogen and oxygen atoms in total. The maximum atomic E-state index is 13.3. The Kier molecular flexibility index (Phi) is 8.00. The van der Waals surface area contributed by atoms with Gasteiger partial charge in [-0.3, -0.25) is 14.7 Å². The number of aliphatic imine (C=N–C) groups is 1. The van der Waals surface area contributed by atoms with Gasteiger partial charge in [-0.1, -0.05) is 19.1 Å². The third-order valence-electron chi connectivity index (χ3n) is 5.09. The van der Waals surface area contributed by atoms with Crippen LogP contribution in [0.5, 0.6) is 0 Å². The van der Waals surface area contributed by atoms with Crippen LogP contribution in [0, 0.1) is 11.7 Å². The van der Waals surface area contributed by atoms with E-state index in [1.807, 2.05) is 5.10 Å². The summed E-state index contributed by atoms with van der Waals surface area (Å²) in [5.41, 5.74) is 0.298. The molecule has 2 aromatic carbocycles. The van der Waals surface area contributed by atoms with Crippen molar-refractivity contribution >= 4 is 29.1 Å². The van der Waals surface area contributed by atoms with Gasteiger partial charge in [0.1, 0.15) is 17.3 Å². The summed E-state index contributed by atoms with van der Waals surface area (Å²) >= 11 is 0. The summed E-state index contributed by atoms with van der Waals surface area (Å²) in [5.74, 6) is -2.42. The lowest BCUT2D eigenvalue weighted by Gasteiger charge is -2.19. The summed E-state index contributed by atoms with van der Waals surface area (Å²) in [4.78, 5) is 28.9. The van der Waals surface area contributed by atoms with E-state index < -0.39 is 35.4 Å². The van der Waals surface area contributed by atoms with Crippen molar-refractivity contribution in [3.05, 3.63) is 77.2 Å². The molecule has 1 unspecified atom stereocenters. The molecule has 0 aliphatic rings. The second-order valence-electron chi connectivity index (χ2n) is 7.54. The van der Waals surface area contributed by atoms with E-state index in [1.54, 1.807) is 31.2 Å². The maximum Gasteiger partial charge on any atom is 0.432 e. The summed E-state index contributed by atoms with van der Waals surface area (Å²) in [7, 11) is 1.28. The van der Waals surface area contributed by atoms with Crippen LogP contribution in [-0.4, -0.2) is 34.9 Å².